The van der Waals surface area contributed by atoms with E-state index in [1.165, 1.54) is 6.07 Å². The largest absolute Gasteiger partial charge is 0.478 e. The lowest BCUT2D eigenvalue weighted by Gasteiger charge is -2.15. The molecule has 18 heavy (non-hydrogen) atoms. The molecule has 5 heteroatoms. The van der Waals surface area contributed by atoms with Crippen molar-refractivity contribution in [3.63, 3.8) is 0 Å². The summed E-state index contributed by atoms with van der Waals surface area (Å²) in [4.78, 5) is 22.6. The van der Waals surface area contributed by atoms with E-state index in [0.717, 1.165) is 5.39 Å². The number of hydrogen-bond donors (Lipinski definition) is 2. The summed E-state index contributed by atoms with van der Waals surface area (Å²) in [5.41, 5.74) is 6.06. The summed E-state index contributed by atoms with van der Waals surface area (Å²) in [5, 5.41) is 9.98. The topological polar surface area (TPSA) is 85.3 Å². The fourth-order valence-corrected chi connectivity index (χ4v) is 2.19. The van der Waals surface area contributed by atoms with Crippen LogP contribution in [0.3, 0.4) is 0 Å². The quantitative estimate of drug-likeness (QED) is 0.862. The van der Waals surface area contributed by atoms with Crippen LogP contribution < -0.4 is 5.73 Å². The number of carboxylic acids is 1. The first-order valence-corrected chi connectivity index (χ1v) is 5.68. The van der Waals surface area contributed by atoms with Gasteiger partial charge < -0.3 is 15.4 Å². The predicted octanol–water partition coefficient (Wildman–Crippen LogP) is 1.78. The lowest BCUT2D eigenvalue weighted by molar-refractivity contribution is -0.121. The minimum Gasteiger partial charge on any atom is -0.478 e. The Morgan fingerprint density at radius 2 is 2.11 bits per heavy atom. The van der Waals surface area contributed by atoms with Gasteiger partial charge in [-0.15, -0.1) is 0 Å². The van der Waals surface area contributed by atoms with Crippen molar-refractivity contribution in [2.45, 2.75) is 19.4 Å². The number of amides is 1. The first-order valence-electron chi connectivity index (χ1n) is 5.68. The number of para-hydroxylation sites is 1. The zero-order chi connectivity index (χ0) is 13.3. The molecule has 1 atom stereocenters. The Morgan fingerprint density at radius 3 is 2.67 bits per heavy atom. The second-order valence-electron chi connectivity index (χ2n) is 4.10. The molecule has 3 N–H and O–H groups in total. The Hall–Kier alpha value is -2.30. The number of rotatable bonds is 4. The van der Waals surface area contributed by atoms with E-state index >= 15 is 0 Å². The highest BCUT2D eigenvalue weighted by molar-refractivity contribution is 6.02. The van der Waals surface area contributed by atoms with Crippen molar-refractivity contribution in [1.82, 2.24) is 4.57 Å². The molecule has 0 saturated heterocycles. The standard InChI is InChI=1S/C13H14N2O3/c1-2-10(12(14)16)15-7-6-8-4-3-5-9(11(8)15)13(17)18/h3-7,10H,2H2,1H3,(H2,14,16)(H,17,18). The summed E-state index contributed by atoms with van der Waals surface area (Å²) < 4.78 is 1.64. The highest BCUT2D eigenvalue weighted by Gasteiger charge is 2.20. The van der Waals surface area contributed by atoms with Crippen molar-refractivity contribution in [2.24, 2.45) is 5.73 Å². The molecule has 1 heterocycles. The van der Waals surface area contributed by atoms with Gasteiger partial charge in [0.1, 0.15) is 6.04 Å². The highest BCUT2D eigenvalue weighted by Crippen LogP contribution is 2.25. The number of aromatic carboxylic acids is 1. The van der Waals surface area contributed by atoms with Gasteiger partial charge >= 0.3 is 5.97 Å². The molecular formula is C13H14N2O3. The number of hydrogen-bond acceptors (Lipinski definition) is 2. The fourth-order valence-electron chi connectivity index (χ4n) is 2.19. The molecule has 0 saturated carbocycles. The molecule has 1 aromatic heterocycles. The Balaban J connectivity index is 2.72. The third-order valence-corrected chi connectivity index (χ3v) is 3.02. The molecule has 0 aliphatic heterocycles. The monoisotopic (exact) mass is 246 g/mol. The molecular weight excluding hydrogens is 232 g/mol. The van der Waals surface area contributed by atoms with E-state index in [0.29, 0.717) is 11.9 Å². The van der Waals surface area contributed by atoms with Crippen molar-refractivity contribution >= 4 is 22.8 Å². The fraction of sp³-hybridized carbons (Fsp3) is 0.231. The molecule has 5 nitrogen and oxygen atoms in total. The summed E-state index contributed by atoms with van der Waals surface area (Å²) in [6.07, 6.45) is 2.23. The van der Waals surface area contributed by atoms with Crippen LogP contribution in [0.5, 0.6) is 0 Å². The van der Waals surface area contributed by atoms with E-state index in [4.69, 9.17) is 5.73 Å². The molecule has 1 unspecified atom stereocenters. The molecule has 0 aliphatic rings. The van der Waals surface area contributed by atoms with Crippen LogP contribution in [0, 0.1) is 0 Å². The summed E-state index contributed by atoms with van der Waals surface area (Å²) >= 11 is 0. The van der Waals surface area contributed by atoms with Crippen LogP contribution in [0.2, 0.25) is 0 Å². The van der Waals surface area contributed by atoms with Crippen molar-refractivity contribution in [2.75, 3.05) is 0 Å². The van der Waals surface area contributed by atoms with Crippen LogP contribution in [-0.2, 0) is 4.79 Å². The van der Waals surface area contributed by atoms with Gasteiger partial charge in [-0.2, -0.15) is 0 Å². The van der Waals surface area contributed by atoms with Gasteiger partial charge in [0, 0.05) is 11.6 Å². The number of nitrogens with zero attached hydrogens (tertiary/aromatic N) is 1. The predicted molar refractivity (Wildman–Crippen MR) is 67.4 cm³/mol. The zero-order valence-corrected chi connectivity index (χ0v) is 9.96. The van der Waals surface area contributed by atoms with Crippen LogP contribution in [0.4, 0.5) is 0 Å². The Labute approximate surface area is 104 Å². The van der Waals surface area contributed by atoms with E-state index in [-0.39, 0.29) is 5.56 Å². The van der Waals surface area contributed by atoms with Crippen molar-refractivity contribution < 1.29 is 14.7 Å². The number of carboxylic acid groups (broad SMARTS) is 1. The maximum atomic E-state index is 11.4. The normalized spacial score (nSPS) is 12.5. The maximum absolute atomic E-state index is 11.4. The smallest absolute Gasteiger partial charge is 0.337 e. The second-order valence-corrected chi connectivity index (χ2v) is 4.10. The Morgan fingerprint density at radius 1 is 1.39 bits per heavy atom. The molecule has 94 valence electrons. The van der Waals surface area contributed by atoms with Gasteiger partial charge in [0.2, 0.25) is 5.91 Å². The van der Waals surface area contributed by atoms with Crippen LogP contribution in [0.15, 0.2) is 30.5 Å². The summed E-state index contributed by atoms with van der Waals surface area (Å²) in [5.74, 6) is -1.48. The van der Waals surface area contributed by atoms with E-state index < -0.39 is 17.9 Å². The molecule has 0 aliphatic carbocycles. The van der Waals surface area contributed by atoms with Crippen LogP contribution >= 0.6 is 0 Å². The first kappa shape index (κ1) is 12.2. The Kier molecular flexibility index (Phi) is 3.06. The molecule has 1 aromatic carbocycles. The number of nitrogens with two attached hydrogens (primary N) is 1. The summed E-state index contributed by atoms with van der Waals surface area (Å²) in [7, 11) is 0. The Bertz CT molecular complexity index is 616. The third-order valence-electron chi connectivity index (χ3n) is 3.02. The number of carbonyl (C=O) groups is 2. The van der Waals surface area contributed by atoms with Gasteiger partial charge in [0.25, 0.3) is 0 Å². The molecule has 0 spiro atoms. The van der Waals surface area contributed by atoms with Gasteiger partial charge in [-0.1, -0.05) is 19.1 Å². The van der Waals surface area contributed by atoms with Gasteiger partial charge in [0.15, 0.2) is 0 Å². The van der Waals surface area contributed by atoms with Crippen LogP contribution in [0.1, 0.15) is 29.7 Å². The molecule has 2 aromatic rings. The first-order chi connectivity index (χ1) is 8.56. The number of carbonyl (C=O) groups excluding carboxylic acids is 1. The minimum atomic E-state index is -1.01. The van der Waals surface area contributed by atoms with Crippen molar-refractivity contribution in [1.29, 1.82) is 0 Å². The van der Waals surface area contributed by atoms with Gasteiger partial charge in [-0.25, -0.2) is 4.79 Å². The summed E-state index contributed by atoms with van der Waals surface area (Å²) in [6, 6.07) is 6.28. The second kappa shape index (κ2) is 4.52. The lowest BCUT2D eigenvalue weighted by Crippen LogP contribution is -2.25. The van der Waals surface area contributed by atoms with Gasteiger partial charge in [-0.3, -0.25) is 4.79 Å². The molecule has 0 bridgehead atoms. The zero-order valence-electron chi connectivity index (χ0n) is 9.96. The third kappa shape index (κ3) is 1.84. The summed E-state index contributed by atoms with van der Waals surface area (Å²) in [6.45, 7) is 1.84. The molecule has 0 radical (unpaired) electrons. The van der Waals surface area contributed by atoms with Crippen LogP contribution in [0.25, 0.3) is 10.9 Å². The molecule has 1 amide bonds. The van der Waals surface area contributed by atoms with Gasteiger partial charge in [0.05, 0.1) is 11.1 Å². The van der Waals surface area contributed by atoms with E-state index in [2.05, 4.69) is 0 Å². The minimum absolute atomic E-state index is 0.178. The number of primary amides is 1. The van der Waals surface area contributed by atoms with E-state index in [1.54, 1.807) is 22.9 Å². The average molecular weight is 246 g/mol. The SMILES string of the molecule is CCC(C(N)=O)n1ccc2cccc(C(=O)O)c21. The lowest BCUT2D eigenvalue weighted by atomic mass is 10.1. The van der Waals surface area contributed by atoms with Crippen molar-refractivity contribution in [3.8, 4) is 0 Å². The number of fused-ring (bicyclic) bond motifs is 1. The number of aromatic nitrogens is 1. The van der Waals surface area contributed by atoms with Gasteiger partial charge in [-0.05, 0) is 18.6 Å². The molecule has 0 fully saturated rings. The van der Waals surface area contributed by atoms with Crippen LogP contribution in [-0.4, -0.2) is 21.6 Å². The molecule has 2 rings (SSSR count). The maximum Gasteiger partial charge on any atom is 0.337 e. The van der Waals surface area contributed by atoms with E-state index in [1.807, 2.05) is 13.0 Å². The average Bonchev–Trinajstić information content (AvgIpc) is 2.73. The van der Waals surface area contributed by atoms with Crippen molar-refractivity contribution in [3.05, 3.63) is 36.0 Å². The van der Waals surface area contributed by atoms with E-state index in [9.17, 15) is 14.7 Å². The highest BCUT2D eigenvalue weighted by atomic mass is 16.4. The number of benzene rings is 1.